The summed E-state index contributed by atoms with van der Waals surface area (Å²) in [7, 11) is 0. The molecule has 0 aliphatic rings. The molecule has 1 aromatic carbocycles. The van der Waals surface area contributed by atoms with Gasteiger partial charge >= 0.3 is 0 Å². The number of ether oxygens (including phenoxy) is 1. The Hall–Kier alpha value is -0.690. The van der Waals surface area contributed by atoms with E-state index < -0.39 is 0 Å². The summed E-state index contributed by atoms with van der Waals surface area (Å²) >= 11 is 5.76. The average molecular weight is 213 g/mol. The number of hydrogen-bond donors (Lipinski definition) is 0. The van der Waals surface area contributed by atoms with Crippen molar-refractivity contribution in [3.05, 3.63) is 29.8 Å². The van der Waals surface area contributed by atoms with Gasteiger partial charge < -0.3 is 4.74 Å². The third-order valence-electron chi connectivity index (χ3n) is 2.08. The van der Waals surface area contributed by atoms with Gasteiger partial charge in [0.2, 0.25) is 0 Å². The Morgan fingerprint density at radius 2 is 1.93 bits per heavy atom. The topological polar surface area (TPSA) is 9.23 Å². The SMILES string of the molecule is CCOc1ccc(CC(C)CCl)cc1. The standard InChI is InChI=1S/C12H17ClO/c1-3-14-12-6-4-11(5-7-12)8-10(2)9-13/h4-7,10H,3,8-9H2,1-2H3. The maximum absolute atomic E-state index is 5.76. The summed E-state index contributed by atoms with van der Waals surface area (Å²) in [6.07, 6.45) is 1.04. The molecular weight excluding hydrogens is 196 g/mol. The zero-order valence-corrected chi connectivity index (χ0v) is 9.55. The van der Waals surface area contributed by atoms with Gasteiger partial charge in [0.25, 0.3) is 0 Å². The van der Waals surface area contributed by atoms with Crippen LogP contribution in [0.2, 0.25) is 0 Å². The van der Waals surface area contributed by atoms with Crippen molar-refractivity contribution in [3.63, 3.8) is 0 Å². The number of benzene rings is 1. The highest BCUT2D eigenvalue weighted by molar-refractivity contribution is 6.18. The van der Waals surface area contributed by atoms with E-state index in [4.69, 9.17) is 16.3 Å². The fourth-order valence-corrected chi connectivity index (χ4v) is 1.45. The molecule has 2 heteroatoms. The second-order valence-corrected chi connectivity index (χ2v) is 3.85. The molecule has 78 valence electrons. The van der Waals surface area contributed by atoms with Gasteiger partial charge in [0.15, 0.2) is 0 Å². The Bertz CT molecular complexity index is 256. The molecule has 0 N–H and O–H groups in total. The lowest BCUT2D eigenvalue weighted by atomic mass is 10.0. The molecule has 0 aliphatic carbocycles. The molecule has 0 aliphatic heterocycles. The largest absolute Gasteiger partial charge is 0.494 e. The first-order valence-electron chi connectivity index (χ1n) is 5.04. The first-order chi connectivity index (χ1) is 6.76. The molecule has 1 rings (SSSR count). The normalized spacial score (nSPS) is 12.5. The second-order valence-electron chi connectivity index (χ2n) is 3.54. The molecule has 0 saturated carbocycles. The van der Waals surface area contributed by atoms with Gasteiger partial charge in [-0.1, -0.05) is 19.1 Å². The van der Waals surface area contributed by atoms with Gasteiger partial charge in [0, 0.05) is 5.88 Å². The van der Waals surface area contributed by atoms with Crippen molar-refractivity contribution < 1.29 is 4.74 Å². The van der Waals surface area contributed by atoms with Crippen LogP contribution < -0.4 is 4.74 Å². The molecule has 0 heterocycles. The zero-order chi connectivity index (χ0) is 10.4. The van der Waals surface area contributed by atoms with Crippen molar-refractivity contribution in [2.45, 2.75) is 20.3 Å². The first-order valence-corrected chi connectivity index (χ1v) is 5.57. The fraction of sp³-hybridized carbons (Fsp3) is 0.500. The van der Waals surface area contributed by atoms with E-state index in [0.29, 0.717) is 11.8 Å². The van der Waals surface area contributed by atoms with Gasteiger partial charge in [0.05, 0.1) is 6.61 Å². The molecule has 1 unspecified atom stereocenters. The van der Waals surface area contributed by atoms with Gasteiger partial charge in [-0.3, -0.25) is 0 Å². The minimum absolute atomic E-state index is 0.537. The van der Waals surface area contributed by atoms with Crippen molar-refractivity contribution in [1.29, 1.82) is 0 Å². The van der Waals surface area contributed by atoms with Gasteiger partial charge in [-0.05, 0) is 37.0 Å². The van der Waals surface area contributed by atoms with Gasteiger partial charge in [-0.15, -0.1) is 11.6 Å². The Balaban J connectivity index is 2.54. The molecule has 0 spiro atoms. The van der Waals surface area contributed by atoms with Crippen LogP contribution in [0.3, 0.4) is 0 Å². The van der Waals surface area contributed by atoms with Crippen LogP contribution in [0.25, 0.3) is 0 Å². The van der Waals surface area contributed by atoms with Crippen LogP contribution in [0.15, 0.2) is 24.3 Å². The Labute approximate surface area is 91.0 Å². The van der Waals surface area contributed by atoms with Crippen molar-refractivity contribution in [2.24, 2.45) is 5.92 Å². The summed E-state index contributed by atoms with van der Waals surface area (Å²) in [5.41, 5.74) is 1.32. The van der Waals surface area contributed by atoms with Gasteiger partial charge in [-0.25, -0.2) is 0 Å². The predicted octanol–water partition coefficient (Wildman–Crippen LogP) is 3.50. The van der Waals surface area contributed by atoms with Crippen molar-refractivity contribution in [2.75, 3.05) is 12.5 Å². The van der Waals surface area contributed by atoms with Crippen LogP contribution in [0, 0.1) is 5.92 Å². The quantitative estimate of drug-likeness (QED) is 0.679. The summed E-state index contributed by atoms with van der Waals surface area (Å²) in [6.45, 7) is 4.87. The monoisotopic (exact) mass is 212 g/mol. The Morgan fingerprint density at radius 3 is 2.43 bits per heavy atom. The average Bonchev–Trinajstić information content (AvgIpc) is 2.21. The lowest BCUT2D eigenvalue weighted by Gasteiger charge is -2.08. The van der Waals surface area contributed by atoms with Crippen LogP contribution in [0.1, 0.15) is 19.4 Å². The highest BCUT2D eigenvalue weighted by atomic mass is 35.5. The molecule has 0 amide bonds. The lowest BCUT2D eigenvalue weighted by Crippen LogP contribution is -2.00. The molecule has 0 fully saturated rings. The van der Waals surface area contributed by atoms with E-state index >= 15 is 0 Å². The Morgan fingerprint density at radius 1 is 1.29 bits per heavy atom. The van der Waals surface area contributed by atoms with E-state index in [2.05, 4.69) is 19.1 Å². The van der Waals surface area contributed by atoms with E-state index in [1.807, 2.05) is 19.1 Å². The van der Waals surface area contributed by atoms with Crippen LogP contribution in [0.4, 0.5) is 0 Å². The number of alkyl halides is 1. The molecule has 1 aromatic rings. The van der Waals surface area contributed by atoms with Crippen molar-refractivity contribution in [1.82, 2.24) is 0 Å². The van der Waals surface area contributed by atoms with Crippen LogP contribution in [0.5, 0.6) is 5.75 Å². The van der Waals surface area contributed by atoms with Crippen LogP contribution in [-0.4, -0.2) is 12.5 Å². The number of hydrogen-bond acceptors (Lipinski definition) is 1. The summed E-state index contributed by atoms with van der Waals surface area (Å²) in [5.74, 6) is 2.19. The molecule has 0 bridgehead atoms. The number of rotatable bonds is 5. The van der Waals surface area contributed by atoms with Gasteiger partial charge in [0.1, 0.15) is 5.75 Å². The minimum atomic E-state index is 0.537. The zero-order valence-electron chi connectivity index (χ0n) is 8.79. The maximum Gasteiger partial charge on any atom is 0.119 e. The molecule has 1 atom stereocenters. The summed E-state index contributed by atoms with van der Waals surface area (Å²) in [6, 6.07) is 8.24. The van der Waals surface area contributed by atoms with Gasteiger partial charge in [-0.2, -0.15) is 0 Å². The van der Waals surface area contributed by atoms with Crippen LogP contribution in [-0.2, 0) is 6.42 Å². The van der Waals surface area contributed by atoms with E-state index in [1.165, 1.54) is 5.56 Å². The third kappa shape index (κ3) is 3.59. The van der Waals surface area contributed by atoms with E-state index in [-0.39, 0.29) is 0 Å². The van der Waals surface area contributed by atoms with Crippen molar-refractivity contribution >= 4 is 11.6 Å². The summed E-state index contributed by atoms with van der Waals surface area (Å²) in [5, 5.41) is 0. The van der Waals surface area contributed by atoms with E-state index in [9.17, 15) is 0 Å². The predicted molar refractivity (Wildman–Crippen MR) is 61.2 cm³/mol. The molecular formula is C12H17ClO. The Kier molecular flexibility index (Phi) is 4.81. The molecule has 0 saturated heterocycles. The first kappa shape index (κ1) is 11.4. The maximum atomic E-state index is 5.76. The highest BCUT2D eigenvalue weighted by Crippen LogP contribution is 2.15. The minimum Gasteiger partial charge on any atom is -0.494 e. The summed E-state index contributed by atoms with van der Waals surface area (Å²) in [4.78, 5) is 0. The lowest BCUT2D eigenvalue weighted by molar-refractivity contribution is 0.340. The molecule has 0 radical (unpaired) electrons. The molecule has 1 nitrogen and oxygen atoms in total. The van der Waals surface area contributed by atoms with Crippen LogP contribution >= 0.6 is 11.6 Å². The fourth-order valence-electron chi connectivity index (χ4n) is 1.35. The summed E-state index contributed by atoms with van der Waals surface area (Å²) < 4.78 is 5.37. The highest BCUT2D eigenvalue weighted by Gasteiger charge is 2.01. The molecule has 0 aromatic heterocycles. The van der Waals surface area contributed by atoms with E-state index in [0.717, 1.165) is 18.8 Å². The smallest absolute Gasteiger partial charge is 0.119 e. The third-order valence-corrected chi connectivity index (χ3v) is 2.61. The molecule has 14 heavy (non-hydrogen) atoms. The van der Waals surface area contributed by atoms with E-state index in [1.54, 1.807) is 0 Å². The van der Waals surface area contributed by atoms with Crippen molar-refractivity contribution in [3.8, 4) is 5.75 Å². The number of halogens is 1. The second kappa shape index (κ2) is 5.92.